The van der Waals surface area contributed by atoms with Gasteiger partial charge < -0.3 is 24.8 Å². The maximum absolute atomic E-state index is 11.8. The van der Waals surface area contributed by atoms with E-state index in [2.05, 4.69) is 4.74 Å². The van der Waals surface area contributed by atoms with Crippen LogP contribution in [0, 0.1) is 0 Å². The first-order valence-electron chi connectivity index (χ1n) is 6.00. The summed E-state index contributed by atoms with van der Waals surface area (Å²) in [5, 5.41) is 27.9. The molecule has 3 N–H and O–H groups in total. The van der Waals surface area contributed by atoms with Gasteiger partial charge in [-0.15, -0.1) is 0 Å². The van der Waals surface area contributed by atoms with Gasteiger partial charge in [-0.1, -0.05) is 0 Å². The zero-order valence-electron chi connectivity index (χ0n) is 10.6. The monoisotopic (exact) mass is 300 g/mol. The summed E-state index contributed by atoms with van der Waals surface area (Å²) >= 11 is 0. The van der Waals surface area contributed by atoms with Gasteiger partial charge in [0.25, 0.3) is 0 Å². The highest BCUT2D eigenvalue weighted by Crippen LogP contribution is 2.23. The van der Waals surface area contributed by atoms with E-state index >= 15 is 0 Å². The molecule has 1 aliphatic carbocycles. The van der Waals surface area contributed by atoms with Crippen molar-refractivity contribution in [3.8, 4) is 0 Å². The summed E-state index contributed by atoms with van der Waals surface area (Å²) in [7, 11) is 0. The fourth-order valence-corrected chi connectivity index (χ4v) is 1.95. The average Bonchev–Trinajstić information content (AvgIpc) is 2.70. The number of esters is 1. The van der Waals surface area contributed by atoms with Crippen LogP contribution in [0.3, 0.4) is 0 Å². The van der Waals surface area contributed by atoms with Crippen LogP contribution in [0.5, 0.6) is 0 Å². The van der Waals surface area contributed by atoms with Gasteiger partial charge in [-0.2, -0.15) is 0 Å². The first kappa shape index (κ1) is 15.4. The van der Waals surface area contributed by atoms with Gasteiger partial charge in [0, 0.05) is 6.08 Å². The molecule has 0 aromatic carbocycles. The van der Waals surface area contributed by atoms with Crippen LogP contribution in [0.25, 0.3) is 0 Å². The van der Waals surface area contributed by atoms with E-state index in [1.54, 1.807) is 0 Å². The van der Waals surface area contributed by atoms with Gasteiger partial charge in [0.05, 0.1) is 13.0 Å². The summed E-state index contributed by atoms with van der Waals surface area (Å²) in [5.41, 5.74) is -0.756. The quantitative estimate of drug-likeness (QED) is 0.215. The molecule has 0 unspecified atom stereocenters. The largest absolute Gasteiger partial charge is 0.429 e. The molecule has 0 aromatic heterocycles. The number of carbonyl (C=O) groups excluding carboxylic acids is 4. The molecular formula is C12H12O9. The summed E-state index contributed by atoms with van der Waals surface area (Å²) in [6, 6.07) is 0. The molecule has 0 aromatic rings. The minimum absolute atomic E-state index is 0.608. The summed E-state index contributed by atoms with van der Waals surface area (Å²) in [6.07, 6.45) is -5.80. The number of rotatable bonds is 3. The van der Waals surface area contributed by atoms with Crippen LogP contribution in [-0.4, -0.2) is 69.8 Å². The van der Waals surface area contributed by atoms with Crippen LogP contribution in [0.2, 0.25) is 0 Å². The van der Waals surface area contributed by atoms with Crippen molar-refractivity contribution in [1.29, 1.82) is 0 Å². The Morgan fingerprint density at radius 3 is 2.52 bits per heavy atom. The van der Waals surface area contributed by atoms with Gasteiger partial charge in [-0.25, -0.2) is 4.79 Å². The van der Waals surface area contributed by atoms with Crippen molar-refractivity contribution < 1.29 is 44.0 Å². The molecule has 0 bridgehead atoms. The summed E-state index contributed by atoms with van der Waals surface area (Å²) in [4.78, 5) is 45.6. The Hall–Kier alpha value is -1.94. The normalized spacial score (nSPS) is 33.1. The van der Waals surface area contributed by atoms with Gasteiger partial charge in [0.1, 0.15) is 23.9 Å². The standard InChI is InChI=1S/C12H12O9/c13-3-7-9(17)10(18)12(20-7)21-11(19)5-1-4(14)2-6(15)8(5)16/h1,7,9-10,12-13,17-18H,2-3H2/t7-,9-,10-,12+/m0/s1. The molecule has 21 heavy (non-hydrogen) atoms. The molecular weight excluding hydrogens is 288 g/mol. The van der Waals surface area contributed by atoms with Crippen LogP contribution < -0.4 is 0 Å². The molecule has 1 fully saturated rings. The molecule has 0 saturated carbocycles. The van der Waals surface area contributed by atoms with Gasteiger partial charge in [0.2, 0.25) is 17.9 Å². The minimum Gasteiger partial charge on any atom is -0.429 e. The molecule has 2 aliphatic rings. The Bertz CT molecular complexity index is 535. The molecule has 0 spiro atoms. The average molecular weight is 300 g/mol. The van der Waals surface area contributed by atoms with Gasteiger partial charge >= 0.3 is 5.97 Å². The highest BCUT2D eigenvalue weighted by Gasteiger charge is 2.45. The summed E-state index contributed by atoms with van der Waals surface area (Å²) < 4.78 is 9.54. The predicted octanol–water partition coefficient (Wildman–Crippen LogP) is -2.99. The Balaban J connectivity index is 2.10. The van der Waals surface area contributed by atoms with Crippen molar-refractivity contribution in [2.24, 2.45) is 0 Å². The maximum atomic E-state index is 11.8. The lowest BCUT2D eigenvalue weighted by atomic mass is 9.96. The molecule has 114 valence electrons. The Labute approximate surface area is 117 Å². The molecule has 0 radical (unpaired) electrons. The summed E-state index contributed by atoms with van der Waals surface area (Å²) in [5.74, 6) is -4.23. The summed E-state index contributed by atoms with van der Waals surface area (Å²) in [6.45, 7) is -0.620. The smallest absolute Gasteiger partial charge is 0.344 e. The topological polar surface area (TPSA) is 147 Å². The molecule has 1 heterocycles. The van der Waals surface area contributed by atoms with Crippen molar-refractivity contribution in [2.45, 2.75) is 31.0 Å². The van der Waals surface area contributed by atoms with Crippen molar-refractivity contribution >= 4 is 23.3 Å². The van der Waals surface area contributed by atoms with E-state index in [9.17, 15) is 29.4 Å². The third kappa shape index (κ3) is 2.90. The van der Waals surface area contributed by atoms with Crippen LogP contribution in [0.4, 0.5) is 0 Å². The molecule has 1 aliphatic heterocycles. The minimum atomic E-state index is -1.63. The fourth-order valence-electron chi connectivity index (χ4n) is 1.95. The first-order valence-corrected chi connectivity index (χ1v) is 6.00. The number of hydrogen-bond acceptors (Lipinski definition) is 9. The second-order valence-electron chi connectivity index (χ2n) is 4.57. The molecule has 0 amide bonds. The third-order valence-electron chi connectivity index (χ3n) is 3.08. The molecule has 2 rings (SSSR count). The highest BCUT2D eigenvalue weighted by molar-refractivity contribution is 6.54. The number of ketones is 3. The van der Waals surface area contributed by atoms with E-state index in [4.69, 9.17) is 9.84 Å². The third-order valence-corrected chi connectivity index (χ3v) is 3.08. The SMILES string of the molecule is O=C1C=C(C(=O)O[C@H]2O[C@@H](CO)[C@H](O)[C@@H]2O)C(=O)C(=O)C1. The number of allylic oxidation sites excluding steroid dienone is 1. The molecule has 1 saturated heterocycles. The van der Waals surface area contributed by atoms with E-state index < -0.39 is 66.5 Å². The van der Waals surface area contributed by atoms with Crippen LogP contribution in [-0.2, 0) is 28.7 Å². The number of carbonyl (C=O) groups is 4. The lowest BCUT2D eigenvalue weighted by Crippen LogP contribution is -2.37. The first-order chi connectivity index (χ1) is 9.85. The van der Waals surface area contributed by atoms with E-state index in [-0.39, 0.29) is 0 Å². The zero-order valence-corrected chi connectivity index (χ0v) is 10.6. The number of aliphatic hydroxyl groups excluding tert-OH is 3. The Morgan fingerprint density at radius 1 is 1.29 bits per heavy atom. The molecule has 9 nitrogen and oxygen atoms in total. The van der Waals surface area contributed by atoms with Crippen molar-refractivity contribution in [2.75, 3.05) is 6.61 Å². The fraction of sp³-hybridized carbons (Fsp3) is 0.500. The second-order valence-corrected chi connectivity index (χ2v) is 4.57. The lowest BCUT2D eigenvalue weighted by molar-refractivity contribution is -0.186. The number of aliphatic hydroxyl groups is 3. The van der Waals surface area contributed by atoms with Gasteiger partial charge in [0.15, 0.2) is 5.78 Å². The Kier molecular flexibility index (Phi) is 4.28. The zero-order chi connectivity index (χ0) is 15.7. The molecule has 4 atom stereocenters. The van der Waals surface area contributed by atoms with Gasteiger partial charge in [-0.3, -0.25) is 14.4 Å². The van der Waals surface area contributed by atoms with E-state index in [1.165, 1.54) is 0 Å². The Morgan fingerprint density at radius 2 is 1.95 bits per heavy atom. The van der Waals surface area contributed by atoms with E-state index in [0.717, 1.165) is 0 Å². The second kappa shape index (κ2) is 5.82. The lowest BCUT2D eigenvalue weighted by Gasteiger charge is -2.17. The van der Waals surface area contributed by atoms with Crippen LogP contribution in [0.1, 0.15) is 6.42 Å². The van der Waals surface area contributed by atoms with Crippen LogP contribution >= 0.6 is 0 Å². The van der Waals surface area contributed by atoms with E-state index in [0.29, 0.717) is 6.08 Å². The predicted molar refractivity (Wildman–Crippen MR) is 61.6 cm³/mol. The van der Waals surface area contributed by atoms with Crippen LogP contribution in [0.15, 0.2) is 11.6 Å². The van der Waals surface area contributed by atoms with E-state index in [1.807, 2.05) is 0 Å². The van der Waals surface area contributed by atoms with Crippen molar-refractivity contribution in [1.82, 2.24) is 0 Å². The number of ether oxygens (including phenoxy) is 2. The van der Waals surface area contributed by atoms with Crippen molar-refractivity contribution in [3.63, 3.8) is 0 Å². The van der Waals surface area contributed by atoms with Crippen molar-refractivity contribution in [3.05, 3.63) is 11.6 Å². The number of hydrogen-bond donors (Lipinski definition) is 3. The molecule has 9 heteroatoms. The number of Topliss-reactive ketones (excluding diaryl/α,β-unsaturated/α-hetero) is 2. The highest BCUT2D eigenvalue weighted by atomic mass is 16.7. The maximum Gasteiger partial charge on any atom is 0.344 e. The van der Waals surface area contributed by atoms with Gasteiger partial charge in [-0.05, 0) is 0 Å².